The first-order chi connectivity index (χ1) is 19.8. The number of hydrogen-bond donors (Lipinski definition) is 2. The van der Waals surface area contributed by atoms with Crippen LogP contribution >= 0.6 is 11.3 Å². The van der Waals surface area contributed by atoms with Gasteiger partial charge in [-0.2, -0.15) is 0 Å². The molecule has 0 bridgehead atoms. The zero-order valence-corrected chi connectivity index (χ0v) is 27.2. The number of carbonyl (C=O) groups excluding carboxylic acids is 3. The predicted molar refractivity (Wildman–Crippen MR) is 168 cm³/mol. The fraction of sp³-hybridized carbons (Fsp3) is 0.636. The first-order valence-corrected chi connectivity index (χ1v) is 15.9. The maximum Gasteiger partial charge on any atom is 0.310 e. The number of unbranched alkanes of at least 4 members (excludes halogenated alkanes) is 2. The fourth-order valence-electron chi connectivity index (χ4n) is 5.04. The van der Waals surface area contributed by atoms with E-state index < -0.39 is 41.6 Å². The molecule has 2 heterocycles. The molecule has 0 aliphatic carbocycles. The van der Waals surface area contributed by atoms with E-state index in [0.717, 1.165) is 34.7 Å². The van der Waals surface area contributed by atoms with E-state index in [1.54, 1.807) is 32.1 Å². The Kier molecular flexibility index (Phi) is 14.3. The molecule has 42 heavy (non-hydrogen) atoms. The molecule has 1 aromatic rings. The van der Waals surface area contributed by atoms with Gasteiger partial charge in [-0.15, -0.1) is 11.3 Å². The zero-order valence-electron chi connectivity index (χ0n) is 26.4. The topological polar surface area (TPSA) is 129 Å². The number of allylic oxidation sites excluding steroid dienone is 2. The summed E-state index contributed by atoms with van der Waals surface area (Å²) in [5, 5.41) is 13.9. The summed E-state index contributed by atoms with van der Waals surface area (Å²) >= 11 is 1.55. The number of cyclic esters (lactones) is 1. The molecule has 0 unspecified atom stereocenters. The number of aliphatic hydroxyl groups is 1. The Morgan fingerprint density at radius 3 is 2.60 bits per heavy atom. The van der Waals surface area contributed by atoms with Crippen LogP contribution in [0.15, 0.2) is 34.8 Å². The van der Waals surface area contributed by atoms with Crippen molar-refractivity contribution in [1.29, 1.82) is 0 Å². The lowest BCUT2D eigenvalue weighted by Gasteiger charge is -2.36. The molecule has 1 aromatic heterocycles. The third-order valence-electron chi connectivity index (χ3n) is 7.97. The van der Waals surface area contributed by atoms with Crippen LogP contribution in [0.3, 0.4) is 0 Å². The number of aryl methyl sites for hydroxylation is 1. The van der Waals surface area contributed by atoms with Crippen molar-refractivity contribution in [1.82, 2.24) is 4.98 Å². The highest BCUT2D eigenvalue weighted by Gasteiger charge is 2.45. The first-order valence-electron chi connectivity index (χ1n) is 15.0. The van der Waals surface area contributed by atoms with Crippen molar-refractivity contribution in [2.24, 2.45) is 23.0 Å². The molecule has 0 spiro atoms. The highest BCUT2D eigenvalue weighted by Crippen LogP contribution is 2.34. The molecule has 1 aliphatic rings. The number of carbonyl (C=O) groups is 3. The average molecular weight is 603 g/mol. The maximum absolute atomic E-state index is 13.8. The van der Waals surface area contributed by atoms with E-state index in [9.17, 15) is 19.5 Å². The largest absolute Gasteiger partial charge is 0.461 e. The SMILES string of the molecule is C/C1=C/C[C@@H](/C(C)=C/c2csc(C)n2)OC(=O)C[C@H](OC(=O)CCCCCN)C(C)(C)C(=O)[C@H](C)[C@@H](O)[C@@H](C)/C=C\C1. The van der Waals surface area contributed by atoms with Gasteiger partial charge in [-0.1, -0.05) is 44.1 Å². The van der Waals surface area contributed by atoms with E-state index in [0.29, 0.717) is 25.8 Å². The van der Waals surface area contributed by atoms with E-state index in [-0.39, 0.29) is 24.5 Å². The lowest BCUT2D eigenvalue weighted by atomic mass is 9.73. The second-order valence-corrected chi connectivity index (χ2v) is 13.1. The van der Waals surface area contributed by atoms with Crippen molar-refractivity contribution >= 4 is 35.1 Å². The molecule has 0 aromatic carbocycles. The number of hydrogen-bond acceptors (Lipinski definition) is 9. The monoisotopic (exact) mass is 602 g/mol. The van der Waals surface area contributed by atoms with E-state index >= 15 is 0 Å². The minimum Gasteiger partial charge on any atom is -0.461 e. The molecule has 1 aliphatic heterocycles. The van der Waals surface area contributed by atoms with Gasteiger partial charge in [0.1, 0.15) is 18.0 Å². The molecule has 0 fully saturated rings. The Bertz CT molecular complexity index is 1150. The Hall–Kier alpha value is -2.62. The molecular formula is C33H50N2O6S. The van der Waals surface area contributed by atoms with Crippen molar-refractivity contribution < 1.29 is 29.0 Å². The number of aromatic nitrogens is 1. The molecule has 234 valence electrons. The van der Waals surface area contributed by atoms with Gasteiger partial charge in [-0.25, -0.2) is 4.98 Å². The van der Waals surface area contributed by atoms with Crippen molar-refractivity contribution in [3.8, 4) is 0 Å². The first kappa shape index (κ1) is 35.6. The summed E-state index contributed by atoms with van der Waals surface area (Å²) in [6, 6.07) is 0. The molecule has 5 atom stereocenters. The third-order valence-corrected chi connectivity index (χ3v) is 8.76. The Labute approximate surface area is 255 Å². The molecule has 0 saturated carbocycles. The van der Waals surface area contributed by atoms with E-state index in [4.69, 9.17) is 15.2 Å². The minimum atomic E-state index is -1.25. The molecule has 2 rings (SSSR count). The van der Waals surface area contributed by atoms with Crippen molar-refractivity contribution in [3.05, 3.63) is 45.5 Å². The second-order valence-electron chi connectivity index (χ2n) is 12.1. The van der Waals surface area contributed by atoms with Crippen molar-refractivity contribution in [2.75, 3.05) is 6.54 Å². The molecule has 0 saturated heterocycles. The number of Topliss-reactive ketones (excluding diaryl/α,β-unsaturated/α-hetero) is 1. The van der Waals surface area contributed by atoms with Crippen LogP contribution in [0.1, 0.15) is 97.2 Å². The predicted octanol–water partition coefficient (Wildman–Crippen LogP) is 6.11. The molecular weight excluding hydrogens is 552 g/mol. The normalized spacial score (nSPS) is 28.5. The van der Waals surface area contributed by atoms with Crippen LogP contribution in [0, 0.1) is 24.2 Å². The molecule has 0 radical (unpaired) electrons. The van der Waals surface area contributed by atoms with Crippen LogP contribution in [0.4, 0.5) is 0 Å². The Balaban J connectivity index is 2.44. The molecule has 3 N–H and O–H groups in total. The quantitative estimate of drug-likeness (QED) is 0.207. The van der Waals surface area contributed by atoms with Gasteiger partial charge in [0.15, 0.2) is 0 Å². The van der Waals surface area contributed by atoms with Crippen LogP contribution in [0.2, 0.25) is 0 Å². The minimum absolute atomic E-state index is 0.164. The van der Waals surface area contributed by atoms with E-state index in [1.165, 1.54) is 0 Å². The van der Waals surface area contributed by atoms with Gasteiger partial charge in [0.05, 0.1) is 28.6 Å². The van der Waals surface area contributed by atoms with Crippen LogP contribution in [-0.4, -0.2) is 52.7 Å². The van der Waals surface area contributed by atoms with Crippen molar-refractivity contribution in [2.45, 2.75) is 112 Å². The standard InChI is InChI=1S/C33H50N2O6S/c1-21-12-11-13-22(2)31(38)24(4)32(39)33(6,7)28(41-29(36)14-9-8-10-17-34)19-30(37)40-27(16-15-21)23(3)18-26-20-42-25(5)35-26/h11,13,15,18,20,22,24,27-28,31,38H,8-10,12,14,16-17,19,34H2,1-7H3/b13-11-,21-15-,23-18+/t22-,24+,27-,28-,31-/m0/s1. The molecule has 0 amide bonds. The number of aliphatic hydroxyl groups excluding tert-OH is 1. The second kappa shape index (κ2) is 16.9. The summed E-state index contributed by atoms with van der Waals surface area (Å²) < 4.78 is 11.8. The number of ketones is 1. The molecule has 9 heteroatoms. The summed E-state index contributed by atoms with van der Waals surface area (Å²) in [6.07, 6.45) is 8.54. The van der Waals surface area contributed by atoms with Gasteiger partial charge in [-0.3, -0.25) is 14.4 Å². The lowest BCUT2D eigenvalue weighted by molar-refractivity contribution is -0.167. The van der Waals surface area contributed by atoms with E-state index in [1.807, 2.05) is 57.4 Å². The summed E-state index contributed by atoms with van der Waals surface area (Å²) in [6.45, 7) is 13.3. The zero-order chi connectivity index (χ0) is 31.4. The van der Waals surface area contributed by atoms with Crippen molar-refractivity contribution in [3.63, 3.8) is 0 Å². The number of ether oxygens (including phenoxy) is 2. The van der Waals surface area contributed by atoms with Gasteiger partial charge in [0, 0.05) is 30.1 Å². The van der Waals surface area contributed by atoms with Crippen LogP contribution < -0.4 is 5.73 Å². The lowest BCUT2D eigenvalue weighted by Crippen LogP contribution is -2.47. The fourth-order valence-corrected chi connectivity index (χ4v) is 5.61. The van der Waals surface area contributed by atoms with Gasteiger partial charge in [0.2, 0.25) is 0 Å². The highest BCUT2D eigenvalue weighted by molar-refractivity contribution is 7.09. The number of esters is 2. The summed E-state index contributed by atoms with van der Waals surface area (Å²) in [4.78, 5) is 44.6. The number of thiazole rings is 1. The van der Waals surface area contributed by atoms with Crippen LogP contribution in [-0.2, 0) is 23.9 Å². The van der Waals surface area contributed by atoms with Gasteiger partial charge >= 0.3 is 11.9 Å². The summed E-state index contributed by atoms with van der Waals surface area (Å²) in [7, 11) is 0. The highest BCUT2D eigenvalue weighted by atomic mass is 32.1. The van der Waals surface area contributed by atoms with Gasteiger partial charge in [0.25, 0.3) is 0 Å². The molecule has 8 nitrogen and oxygen atoms in total. The van der Waals surface area contributed by atoms with Crippen LogP contribution in [0.5, 0.6) is 0 Å². The number of nitrogens with zero attached hydrogens (tertiary/aromatic N) is 1. The van der Waals surface area contributed by atoms with Gasteiger partial charge in [-0.05, 0) is 72.1 Å². The third kappa shape index (κ3) is 10.9. The van der Waals surface area contributed by atoms with E-state index in [2.05, 4.69) is 4.98 Å². The number of rotatable bonds is 8. The van der Waals surface area contributed by atoms with Gasteiger partial charge < -0.3 is 20.3 Å². The summed E-state index contributed by atoms with van der Waals surface area (Å²) in [5.41, 5.74) is 7.04. The maximum atomic E-state index is 13.8. The smallest absolute Gasteiger partial charge is 0.310 e. The Morgan fingerprint density at radius 1 is 1.24 bits per heavy atom. The number of nitrogens with two attached hydrogens (primary N) is 1. The summed E-state index contributed by atoms with van der Waals surface area (Å²) in [5.74, 6) is -2.34. The van der Waals surface area contributed by atoms with Crippen LogP contribution in [0.25, 0.3) is 6.08 Å². The Morgan fingerprint density at radius 2 is 1.95 bits per heavy atom. The average Bonchev–Trinajstić information content (AvgIpc) is 3.35.